The van der Waals surface area contributed by atoms with Crippen LogP contribution >= 0.6 is 0 Å². The number of ether oxygens (including phenoxy) is 2. The predicted molar refractivity (Wildman–Crippen MR) is 105 cm³/mol. The van der Waals surface area contributed by atoms with E-state index in [0.717, 1.165) is 12.0 Å². The monoisotopic (exact) mass is 370 g/mol. The highest BCUT2D eigenvalue weighted by Gasteiger charge is 2.15. The summed E-state index contributed by atoms with van der Waals surface area (Å²) in [5, 5.41) is 2.83. The summed E-state index contributed by atoms with van der Waals surface area (Å²) in [6.45, 7) is 3.80. The summed E-state index contributed by atoms with van der Waals surface area (Å²) in [7, 11) is 3.12. The molecule has 27 heavy (non-hydrogen) atoms. The average Bonchev–Trinajstić information content (AvgIpc) is 2.67. The van der Waals surface area contributed by atoms with E-state index in [1.165, 1.54) is 17.4 Å². The second-order valence-electron chi connectivity index (χ2n) is 6.16. The molecule has 6 heteroatoms. The van der Waals surface area contributed by atoms with Gasteiger partial charge in [-0.2, -0.15) is 0 Å². The molecule has 2 aromatic rings. The van der Waals surface area contributed by atoms with Crippen molar-refractivity contribution in [2.75, 3.05) is 26.1 Å². The normalized spacial score (nSPS) is 10.2. The first kappa shape index (κ1) is 20.3. The van der Waals surface area contributed by atoms with E-state index in [0.29, 0.717) is 23.7 Å². The molecule has 0 radical (unpaired) electrons. The van der Waals surface area contributed by atoms with Gasteiger partial charge in [-0.25, -0.2) is 0 Å². The molecule has 0 aliphatic rings. The van der Waals surface area contributed by atoms with Gasteiger partial charge in [0.2, 0.25) is 11.8 Å². The van der Waals surface area contributed by atoms with Gasteiger partial charge in [-0.1, -0.05) is 25.1 Å². The molecule has 0 fully saturated rings. The van der Waals surface area contributed by atoms with E-state index in [-0.39, 0.29) is 18.4 Å². The van der Waals surface area contributed by atoms with Gasteiger partial charge in [0.05, 0.1) is 14.2 Å². The van der Waals surface area contributed by atoms with Crippen LogP contribution in [0.1, 0.15) is 25.0 Å². The average molecular weight is 370 g/mol. The zero-order valence-electron chi connectivity index (χ0n) is 16.2. The highest BCUT2D eigenvalue weighted by Crippen LogP contribution is 2.28. The minimum atomic E-state index is -0.241. The van der Waals surface area contributed by atoms with Gasteiger partial charge in [-0.05, 0) is 41.8 Å². The van der Waals surface area contributed by atoms with Crippen LogP contribution in [0.2, 0.25) is 0 Å². The molecule has 2 rings (SSSR count). The summed E-state index contributed by atoms with van der Waals surface area (Å²) in [5.41, 5.74) is 2.77. The van der Waals surface area contributed by atoms with Gasteiger partial charge in [-0.15, -0.1) is 0 Å². The third-order valence-corrected chi connectivity index (χ3v) is 4.25. The maximum Gasteiger partial charge on any atom is 0.244 e. The number of carbonyl (C=O) groups is 2. The number of nitrogens with one attached hydrogen (secondary N) is 1. The number of benzene rings is 2. The summed E-state index contributed by atoms with van der Waals surface area (Å²) >= 11 is 0. The maximum absolute atomic E-state index is 12.3. The lowest BCUT2D eigenvalue weighted by Crippen LogP contribution is -2.36. The van der Waals surface area contributed by atoms with Crippen LogP contribution in [0.5, 0.6) is 11.5 Å². The number of amides is 2. The van der Waals surface area contributed by atoms with Crippen LogP contribution in [-0.2, 0) is 22.6 Å². The van der Waals surface area contributed by atoms with Crippen molar-refractivity contribution in [3.8, 4) is 11.5 Å². The third kappa shape index (κ3) is 5.74. The Morgan fingerprint density at radius 1 is 0.963 bits per heavy atom. The van der Waals surface area contributed by atoms with Crippen LogP contribution in [0.25, 0.3) is 0 Å². The van der Waals surface area contributed by atoms with Crippen LogP contribution < -0.4 is 14.8 Å². The first-order valence-corrected chi connectivity index (χ1v) is 8.82. The minimum absolute atomic E-state index is 0.0286. The van der Waals surface area contributed by atoms with E-state index in [4.69, 9.17) is 9.47 Å². The fraction of sp³-hybridized carbons (Fsp3) is 0.333. The summed E-state index contributed by atoms with van der Waals surface area (Å²) in [6.07, 6.45) is 0.942. The molecule has 2 aromatic carbocycles. The highest BCUT2D eigenvalue weighted by molar-refractivity contribution is 5.94. The molecular weight excluding hydrogens is 344 g/mol. The van der Waals surface area contributed by atoms with E-state index in [9.17, 15) is 9.59 Å². The second kappa shape index (κ2) is 9.62. The Kier molecular flexibility index (Phi) is 7.23. The number of carbonyl (C=O) groups excluding carboxylic acids is 2. The number of nitrogens with zero attached hydrogens (tertiary/aromatic N) is 1. The summed E-state index contributed by atoms with van der Waals surface area (Å²) in [6, 6.07) is 13.1. The van der Waals surface area contributed by atoms with Crippen LogP contribution in [-0.4, -0.2) is 37.5 Å². The molecular formula is C21H26N2O4. The van der Waals surface area contributed by atoms with Crippen molar-refractivity contribution in [2.45, 2.75) is 26.8 Å². The smallest absolute Gasteiger partial charge is 0.244 e. The molecule has 0 aromatic heterocycles. The van der Waals surface area contributed by atoms with Crippen molar-refractivity contribution in [1.29, 1.82) is 0 Å². The largest absolute Gasteiger partial charge is 0.493 e. The van der Waals surface area contributed by atoms with Gasteiger partial charge >= 0.3 is 0 Å². The lowest BCUT2D eigenvalue weighted by molar-refractivity contribution is -0.133. The quantitative estimate of drug-likeness (QED) is 0.774. The third-order valence-electron chi connectivity index (χ3n) is 4.25. The zero-order valence-corrected chi connectivity index (χ0v) is 16.2. The minimum Gasteiger partial charge on any atom is -0.493 e. The van der Waals surface area contributed by atoms with Gasteiger partial charge in [0.1, 0.15) is 6.54 Å². The molecule has 0 bridgehead atoms. The van der Waals surface area contributed by atoms with Crippen molar-refractivity contribution in [1.82, 2.24) is 4.90 Å². The molecule has 0 unspecified atom stereocenters. The zero-order chi connectivity index (χ0) is 19.8. The lowest BCUT2D eigenvalue weighted by atomic mass is 10.1. The fourth-order valence-electron chi connectivity index (χ4n) is 2.68. The fourth-order valence-corrected chi connectivity index (χ4v) is 2.68. The van der Waals surface area contributed by atoms with Crippen LogP contribution in [0.3, 0.4) is 0 Å². The first-order valence-electron chi connectivity index (χ1n) is 8.82. The number of anilines is 1. The first-order chi connectivity index (χ1) is 13.0. The number of hydrogen-bond donors (Lipinski definition) is 1. The van der Waals surface area contributed by atoms with Gasteiger partial charge < -0.3 is 19.7 Å². The van der Waals surface area contributed by atoms with E-state index in [1.54, 1.807) is 26.4 Å². The number of aryl methyl sites for hydroxylation is 1. The van der Waals surface area contributed by atoms with Crippen LogP contribution in [0.15, 0.2) is 42.5 Å². The Morgan fingerprint density at radius 2 is 1.59 bits per heavy atom. The SMILES string of the molecule is CCc1ccc(NC(=O)CN(Cc2ccc(OC)c(OC)c2)C(C)=O)cc1. The molecule has 0 saturated carbocycles. The van der Waals surface area contributed by atoms with Crippen molar-refractivity contribution in [2.24, 2.45) is 0 Å². The number of rotatable bonds is 8. The molecule has 0 heterocycles. The summed E-state index contributed by atoms with van der Waals surface area (Å²) in [5.74, 6) is 0.777. The molecule has 0 aliphatic heterocycles. The molecule has 1 N–H and O–H groups in total. The standard InChI is InChI=1S/C21H26N2O4/c1-5-16-6-9-18(10-7-16)22-21(25)14-23(15(2)24)13-17-8-11-19(26-3)20(12-17)27-4/h6-12H,5,13-14H2,1-4H3,(H,22,25). The van der Waals surface area contributed by atoms with Crippen molar-refractivity contribution in [3.63, 3.8) is 0 Å². The molecule has 0 aliphatic carbocycles. The number of methoxy groups -OCH3 is 2. The van der Waals surface area contributed by atoms with Crippen LogP contribution in [0.4, 0.5) is 5.69 Å². The molecule has 2 amide bonds. The van der Waals surface area contributed by atoms with Gasteiger partial charge in [-0.3, -0.25) is 9.59 Å². The van der Waals surface area contributed by atoms with Gasteiger partial charge in [0.15, 0.2) is 11.5 Å². The molecule has 0 spiro atoms. The van der Waals surface area contributed by atoms with Crippen molar-refractivity contribution in [3.05, 3.63) is 53.6 Å². The highest BCUT2D eigenvalue weighted by atomic mass is 16.5. The Morgan fingerprint density at radius 3 is 2.15 bits per heavy atom. The maximum atomic E-state index is 12.3. The van der Waals surface area contributed by atoms with E-state index < -0.39 is 0 Å². The summed E-state index contributed by atoms with van der Waals surface area (Å²) < 4.78 is 10.5. The Bertz CT molecular complexity index is 787. The van der Waals surface area contributed by atoms with Crippen molar-refractivity contribution < 1.29 is 19.1 Å². The molecule has 0 atom stereocenters. The van der Waals surface area contributed by atoms with Crippen molar-refractivity contribution >= 4 is 17.5 Å². The van der Waals surface area contributed by atoms with E-state index in [1.807, 2.05) is 30.3 Å². The number of hydrogen-bond acceptors (Lipinski definition) is 4. The van der Waals surface area contributed by atoms with Crippen LogP contribution in [0, 0.1) is 0 Å². The van der Waals surface area contributed by atoms with Gasteiger partial charge in [0.25, 0.3) is 0 Å². The summed E-state index contributed by atoms with van der Waals surface area (Å²) in [4.78, 5) is 25.8. The Hall–Kier alpha value is -3.02. The molecule has 0 saturated heterocycles. The molecule has 144 valence electrons. The molecule has 6 nitrogen and oxygen atoms in total. The topological polar surface area (TPSA) is 67.9 Å². The Balaban J connectivity index is 2.04. The van der Waals surface area contributed by atoms with E-state index in [2.05, 4.69) is 12.2 Å². The van der Waals surface area contributed by atoms with E-state index >= 15 is 0 Å². The second-order valence-corrected chi connectivity index (χ2v) is 6.16. The predicted octanol–water partition coefficient (Wildman–Crippen LogP) is 3.25. The lowest BCUT2D eigenvalue weighted by Gasteiger charge is -2.21. The van der Waals surface area contributed by atoms with Gasteiger partial charge in [0, 0.05) is 19.2 Å². The Labute approximate surface area is 160 Å².